The van der Waals surface area contributed by atoms with Gasteiger partial charge in [0.2, 0.25) is 0 Å². The van der Waals surface area contributed by atoms with Crippen molar-refractivity contribution in [2.24, 2.45) is 0 Å². The molecule has 1 aromatic heterocycles. The highest BCUT2D eigenvalue weighted by molar-refractivity contribution is 7.85. The third-order valence-electron chi connectivity index (χ3n) is 5.50. The van der Waals surface area contributed by atoms with Crippen molar-refractivity contribution >= 4 is 23.1 Å². The van der Waals surface area contributed by atoms with Gasteiger partial charge in [-0.25, -0.2) is 23.1 Å². The maximum atomic E-state index is 14.9. The molecule has 0 aliphatic carbocycles. The van der Waals surface area contributed by atoms with E-state index < -0.39 is 17.4 Å². The minimum absolute atomic E-state index is 0.689. The minimum Gasteiger partial charge on any atom is -0.309 e. The van der Waals surface area contributed by atoms with Crippen LogP contribution in [-0.4, -0.2) is 0 Å². The van der Waals surface area contributed by atoms with Gasteiger partial charge in [0.05, 0.1) is 23.3 Å². The zero-order chi connectivity index (χ0) is 26.3. The summed E-state index contributed by atoms with van der Waals surface area (Å²) in [5, 5.41) is 2.35. The average Bonchev–Trinajstić information content (AvgIpc) is 2.93. The molecule has 0 spiro atoms. The topological polar surface area (TPSA) is 121 Å². The highest BCUT2D eigenvalue weighted by Crippen LogP contribution is 2.44. The Morgan fingerprint density at radius 3 is 1.11 bits per heavy atom. The third-order valence-corrected chi connectivity index (χ3v) is 8.53. The second-order valence-corrected chi connectivity index (χ2v) is 11.5. The quantitative estimate of drug-likeness (QED) is 0.251. The maximum absolute atomic E-state index is 14.9. The Kier molecular flexibility index (Phi) is 8.31. The fourth-order valence-corrected chi connectivity index (χ4v) is 6.56. The van der Waals surface area contributed by atoms with Gasteiger partial charge in [-0.1, -0.05) is 97.1 Å². The van der Waals surface area contributed by atoms with Crippen LogP contribution in [0.15, 0.2) is 138 Å². The molecule has 0 atom stereocenters. The molecule has 0 fully saturated rings. The molecule has 4 aromatic carbocycles. The first kappa shape index (κ1) is 26.5. The molecule has 0 unspecified atom stereocenters. The number of halogens is 1. The molecule has 8 heteroatoms. The van der Waals surface area contributed by atoms with E-state index in [-0.39, 0.29) is 0 Å². The molecule has 0 saturated heterocycles. The lowest BCUT2D eigenvalue weighted by Gasteiger charge is -2.19. The predicted octanol–water partition coefficient (Wildman–Crippen LogP) is 1.78. The van der Waals surface area contributed by atoms with E-state index in [1.165, 1.54) is 0 Å². The Balaban J connectivity index is 0.000000586. The van der Waals surface area contributed by atoms with Gasteiger partial charge in [0, 0.05) is 15.9 Å². The van der Waals surface area contributed by atoms with Crippen LogP contribution >= 0.6 is 7.14 Å². The van der Waals surface area contributed by atoms with Gasteiger partial charge in [-0.3, -0.25) is 0 Å². The fourth-order valence-electron chi connectivity index (χ4n) is 3.88. The zero-order valence-electron chi connectivity index (χ0n) is 19.5. The molecule has 0 N–H and O–H groups in total. The SMILES string of the molecule is O=P(c1ccccc1)(c1ccccc1)c1cc(-c2ccccc2)[o+]c(-c2ccccc2)c1.[O-][Cl+3]([O-])([O-])[O-]. The summed E-state index contributed by atoms with van der Waals surface area (Å²) in [6, 6.07) is 43.2. The average molecular weight is 533 g/mol. The first-order valence-electron chi connectivity index (χ1n) is 11.2. The van der Waals surface area contributed by atoms with Crippen LogP contribution < -0.4 is 34.5 Å². The Labute approximate surface area is 216 Å². The summed E-state index contributed by atoms with van der Waals surface area (Å²) >= 11 is 0. The Morgan fingerprint density at radius 2 is 0.784 bits per heavy atom. The van der Waals surface area contributed by atoms with Crippen LogP contribution in [0.1, 0.15) is 0 Å². The second kappa shape index (κ2) is 11.6. The lowest BCUT2D eigenvalue weighted by Crippen LogP contribution is -2.68. The highest BCUT2D eigenvalue weighted by atomic mass is 35.7. The monoisotopic (exact) mass is 532 g/mol. The number of hydrogen-bond donors (Lipinski definition) is 0. The van der Waals surface area contributed by atoms with Gasteiger partial charge in [0.15, 0.2) is 7.14 Å². The summed E-state index contributed by atoms with van der Waals surface area (Å²) in [5.74, 6) is 1.38. The molecule has 186 valence electrons. The van der Waals surface area contributed by atoms with Crippen LogP contribution in [0.4, 0.5) is 0 Å². The zero-order valence-corrected chi connectivity index (χ0v) is 21.1. The van der Waals surface area contributed by atoms with E-state index in [9.17, 15) is 4.57 Å². The molecule has 5 rings (SSSR count). The van der Waals surface area contributed by atoms with Crippen LogP contribution in [0.25, 0.3) is 22.6 Å². The number of benzene rings is 4. The molecule has 0 radical (unpaired) electrons. The van der Waals surface area contributed by atoms with E-state index in [1.807, 2.05) is 133 Å². The number of rotatable bonds is 5. The standard InChI is InChI=1S/C29H22O2P.ClHO4/c30-32(25-17-9-3-10-18-25,26-19-11-4-12-20-26)27-21-28(23-13-5-1-6-14-23)31-29(22-27)24-15-7-2-8-16-24;2-1(3,4)5/h1-22H;(H,2,3,4,5)/q+1;/p-1. The predicted molar refractivity (Wildman–Crippen MR) is 133 cm³/mol. The van der Waals surface area contributed by atoms with Crippen molar-refractivity contribution in [2.75, 3.05) is 0 Å². The molecular weight excluding hydrogens is 511 g/mol. The van der Waals surface area contributed by atoms with Crippen LogP contribution in [0.5, 0.6) is 0 Å². The lowest BCUT2D eigenvalue weighted by atomic mass is 10.1. The summed E-state index contributed by atoms with van der Waals surface area (Å²) in [4.78, 5) is 0. The molecule has 0 aliphatic heterocycles. The van der Waals surface area contributed by atoms with E-state index in [2.05, 4.69) is 0 Å². The first-order chi connectivity index (χ1) is 17.7. The molecule has 0 saturated carbocycles. The normalized spacial score (nSPS) is 11.4. The highest BCUT2D eigenvalue weighted by Gasteiger charge is 2.34. The molecule has 1 heterocycles. The van der Waals surface area contributed by atoms with E-state index in [1.54, 1.807) is 0 Å². The van der Waals surface area contributed by atoms with Gasteiger partial charge in [0.25, 0.3) is 0 Å². The fraction of sp³-hybridized carbons (Fsp3) is 0. The van der Waals surface area contributed by atoms with E-state index in [0.717, 1.165) is 27.0 Å². The van der Waals surface area contributed by atoms with Crippen LogP contribution in [-0.2, 0) is 4.57 Å². The van der Waals surface area contributed by atoms with E-state index in [0.29, 0.717) is 11.5 Å². The van der Waals surface area contributed by atoms with Crippen molar-refractivity contribution in [3.63, 3.8) is 0 Å². The molecule has 6 nitrogen and oxygen atoms in total. The van der Waals surface area contributed by atoms with Gasteiger partial charge in [-0.15, -0.1) is 10.2 Å². The van der Waals surface area contributed by atoms with Crippen LogP contribution in [0, 0.1) is 10.2 Å². The largest absolute Gasteiger partial charge is 0.361 e. The summed E-state index contributed by atoms with van der Waals surface area (Å²) in [6.45, 7) is 0. The van der Waals surface area contributed by atoms with Gasteiger partial charge < -0.3 is 4.57 Å². The van der Waals surface area contributed by atoms with Crippen molar-refractivity contribution in [1.29, 1.82) is 0 Å². The van der Waals surface area contributed by atoms with Gasteiger partial charge in [-0.05, 0) is 24.3 Å². The van der Waals surface area contributed by atoms with E-state index >= 15 is 0 Å². The number of hydrogen-bond acceptors (Lipinski definition) is 5. The Morgan fingerprint density at radius 1 is 0.486 bits per heavy atom. The second-order valence-electron chi connectivity index (χ2n) is 7.93. The summed E-state index contributed by atoms with van der Waals surface area (Å²) in [7, 11) is -8.08. The molecule has 0 aliphatic rings. The van der Waals surface area contributed by atoms with Gasteiger partial charge in [0.1, 0.15) is 0 Å². The maximum Gasteiger partial charge on any atom is 0.361 e. The van der Waals surface area contributed by atoms with Crippen molar-refractivity contribution in [3.8, 4) is 22.6 Å². The summed E-state index contributed by atoms with van der Waals surface area (Å²) < 4.78 is 55.3. The first-order valence-corrected chi connectivity index (χ1v) is 14.1. The molecule has 37 heavy (non-hydrogen) atoms. The van der Waals surface area contributed by atoms with E-state index in [4.69, 9.17) is 23.1 Å². The van der Waals surface area contributed by atoms with Crippen molar-refractivity contribution in [3.05, 3.63) is 133 Å². The van der Waals surface area contributed by atoms with Crippen LogP contribution in [0.3, 0.4) is 0 Å². The van der Waals surface area contributed by atoms with Crippen LogP contribution in [0.2, 0.25) is 0 Å². The third kappa shape index (κ3) is 6.79. The lowest BCUT2D eigenvalue weighted by molar-refractivity contribution is -2.00. The van der Waals surface area contributed by atoms with Crippen molar-refractivity contribution < 1.29 is 37.9 Å². The molecule has 0 bridgehead atoms. The smallest absolute Gasteiger partial charge is 0.309 e. The Hall–Kier alpha value is -3.61. The van der Waals surface area contributed by atoms with Gasteiger partial charge in [-0.2, -0.15) is 0 Å². The van der Waals surface area contributed by atoms with Crippen molar-refractivity contribution in [2.45, 2.75) is 0 Å². The Bertz CT molecular complexity index is 1370. The van der Waals surface area contributed by atoms with Crippen molar-refractivity contribution in [1.82, 2.24) is 0 Å². The minimum atomic E-state index is -4.94. The molecular formula is C29H22ClO6P. The molecule has 0 amide bonds. The van der Waals surface area contributed by atoms with Gasteiger partial charge >= 0.3 is 11.5 Å². The molecule has 5 aromatic rings. The summed E-state index contributed by atoms with van der Waals surface area (Å²) in [6.07, 6.45) is 0. The summed E-state index contributed by atoms with van der Waals surface area (Å²) in [5.41, 5.74) is 1.89.